The number of quaternary nitrogens is 2. The molecule has 0 radical (unpaired) electrons. The van der Waals surface area contributed by atoms with Gasteiger partial charge in [-0.25, -0.2) is 0 Å². The van der Waals surface area contributed by atoms with E-state index in [9.17, 15) is 0 Å². The second kappa shape index (κ2) is 10.2. The van der Waals surface area contributed by atoms with Crippen LogP contribution in [0.25, 0.3) is 21.9 Å². The van der Waals surface area contributed by atoms with Gasteiger partial charge in [-0.2, -0.15) is 0 Å². The predicted molar refractivity (Wildman–Crippen MR) is 148 cm³/mol. The Morgan fingerprint density at radius 2 is 1.47 bits per heavy atom. The van der Waals surface area contributed by atoms with Crippen molar-refractivity contribution in [2.45, 2.75) is 12.3 Å². The zero-order chi connectivity index (χ0) is 25.3. The van der Waals surface area contributed by atoms with Gasteiger partial charge in [-0.1, -0.05) is 0 Å². The molecule has 38 heavy (non-hydrogen) atoms. The number of benzene rings is 5. The Morgan fingerprint density at radius 3 is 2.21 bits per heavy atom. The van der Waals surface area contributed by atoms with Crippen LogP contribution in [0, 0.1) is 3.57 Å². The van der Waals surface area contributed by atoms with Crippen molar-refractivity contribution in [2.75, 3.05) is 0 Å². The summed E-state index contributed by atoms with van der Waals surface area (Å²) in [5, 5.41) is 7.13. The van der Waals surface area contributed by atoms with Crippen molar-refractivity contribution in [2.24, 2.45) is 0 Å². The average molecular weight is 610 g/mol. The van der Waals surface area contributed by atoms with E-state index in [4.69, 9.17) is 0 Å². The molecule has 5 aromatic carbocycles. The maximum absolute atomic E-state index is 4.47. The fraction of sp³-hybridized carbons (Fsp3) is 0.0625. The molecule has 0 bridgehead atoms. The summed E-state index contributed by atoms with van der Waals surface area (Å²) in [6, 6.07) is 43.8. The van der Waals surface area contributed by atoms with Crippen molar-refractivity contribution in [3.8, 4) is 11.1 Å². The Bertz CT molecular complexity index is 1660. The molecule has 2 heterocycles. The molecule has 2 aliphatic heterocycles. The molecule has 5 aromatic rings. The first kappa shape index (κ1) is 23.3. The van der Waals surface area contributed by atoms with Gasteiger partial charge in [-0.15, -0.1) is 0 Å². The van der Waals surface area contributed by atoms with E-state index in [-0.39, 0.29) is 27.6 Å². The van der Waals surface area contributed by atoms with Crippen LogP contribution in [-0.2, 0) is 0 Å². The van der Waals surface area contributed by atoms with E-state index in [0.717, 1.165) is 11.4 Å². The fourth-order valence-corrected chi connectivity index (χ4v) is 7.57. The fourth-order valence-electron chi connectivity index (χ4n) is 5.16. The minimum absolute atomic E-state index is 0.221. The molecule has 0 aromatic heterocycles. The molecule has 5 nitrogen and oxygen atoms in total. The Labute approximate surface area is 232 Å². The van der Waals surface area contributed by atoms with Gasteiger partial charge in [0, 0.05) is 0 Å². The monoisotopic (exact) mass is 609 g/mol. The van der Waals surface area contributed by atoms with Gasteiger partial charge < -0.3 is 0 Å². The van der Waals surface area contributed by atoms with Crippen LogP contribution in [-0.4, -0.2) is 12.2 Å². The average Bonchev–Trinajstić information content (AvgIpc) is 3.74. The number of nitrogens with one attached hydrogen (secondary N) is 3. The van der Waals surface area contributed by atoms with Crippen molar-refractivity contribution in [1.29, 1.82) is 0 Å². The van der Waals surface area contributed by atoms with Gasteiger partial charge in [-0.3, -0.25) is 0 Å². The van der Waals surface area contributed by atoms with E-state index in [1.54, 1.807) is 6.34 Å². The summed E-state index contributed by atoms with van der Waals surface area (Å²) >= 11 is -0.221. The number of halogens is 1. The number of nitrogens with zero attached hydrogens (tertiary/aromatic N) is 1. The summed E-state index contributed by atoms with van der Waals surface area (Å²) in [5.41, 5.74) is 9.95. The van der Waals surface area contributed by atoms with Crippen LogP contribution in [0.4, 0.5) is 0 Å². The summed E-state index contributed by atoms with van der Waals surface area (Å²) in [6.07, 6.45) is 2.35. The zero-order valence-corrected chi connectivity index (χ0v) is 22.8. The molecule has 5 N–H and O–H groups in total. The molecular weight excluding hydrogens is 581 g/mol. The van der Waals surface area contributed by atoms with Gasteiger partial charge in [0.1, 0.15) is 0 Å². The number of amidine groups is 1. The normalized spacial score (nSPS) is 18.5. The predicted octanol–water partition coefficient (Wildman–Crippen LogP) is -0.510. The van der Waals surface area contributed by atoms with Crippen molar-refractivity contribution in [3.63, 3.8) is 0 Å². The summed E-state index contributed by atoms with van der Waals surface area (Å²) in [4.78, 5) is 0. The Balaban J connectivity index is 1.23. The summed E-state index contributed by atoms with van der Waals surface area (Å²) in [6.45, 7) is 0. The molecular formula is C32H28IN5+2. The number of rotatable bonds is 8. The molecule has 0 spiro atoms. The van der Waals surface area contributed by atoms with Gasteiger partial charge in [0.2, 0.25) is 0 Å². The van der Waals surface area contributed by atoms with E-state index < -0.39 is 0 Å². The van der Waals surface area contributed by atoms with Gasteiger partial charge in [0.15, 0.2) is 0 Å². The molecule has 7 rings (SSSR count). The maximum atomic E-state index is 4.47. The van der Waals surface area contributed by atoms with Crippen LogP contribution in [0.5, 0.6) is 0 Å². The summed E-state index contributed by atoms with van der Waals surface area (Å²) in [5.74, 6) is 0.928. The first-order chi connectivity index (χ1) is 18.8. The van der Waals surface area contributed by atoms with E-state index in [1.807, 2.05) is 0 Å². The standard InChI is InChI=1S/C32H26IN5/c1-3-10-24(11-4-1)32-37-38(32)31(36-33-26-12-5-2-6-13-26)25-17-15-23(16-18-25)29-27-14-8-7-9-22(27)19-20-28(29)30-34-21-35-30/h1-21,31-32,37H,36H2/p+2. The van der Waals surface area contributed by atoms with Crippen molar-refractivity contribution in [3.05, 3.63) is 142 Å². The quantitative estimate of drug-likeness (QED) is 0.0830. The van der Waals surface area contributed by atoms with Gasteiger partial charge in [0.25, 0.3) is 0 Å². The van der Waals surface area contributed by atoms with Gasteiger partial charge in [0.05, 0.1) is 0 Å². The Hall–Kier alpha value is -3.78. The molecule has 3 atom stereocenters. The van der Waals surface area contributed by atoms with Gasteiger partial charge >= 0.3 is 233 Å². The van der Waals surface area contributed by atoms with Crippen LogP contribution in [0.2, 0.25) is 0 Å². The molecule has 0 amide bonds. The molecule has 186 valence electrons. The van der Waals surface area contributed by atoms with Crippen LogP contribution in [0.3, 0.4) is 0 Å². The third-order valence-corrected chi connectivity index (χ3v) is 9.71. The van der Waals surface area contributed by atoms with Crippen LogP contribution >= 0.6 is 0 Å². The molecule has 6 heteroatoms. The second-order valence-corrected chi connectivity index (χ2v) is 12.1. The van der Waals surface area contributed by atoms with Crippen molar-refractivity contribution in [1.82, 2.24) is 15.4 Å². The third-order valence-electron chi connectivity index (χ3n) is 7.19. The summed E-state index contributed by atoms with van der Waals surface area (Å²) < 4.78 is 8.46. The topological polar surface area (TPSA) is 69.1 Å². The second-order valence-electron chi connectivity index (χ2n) is 9.53. The van der Waals surface area contributed by atoms with Crippen LogP contribution < -0.4 is 45.4 Å². The molecule has 0 saturated carbocycles. The Kier molecular flexibility index (Phi) is 6.25. The van der Waals surface area contributed by atoms with Crippen LogP contribution in [0.15, 0.2) is 121 Å². The Morgan fingerprint density at radius 1 is 0.763 bits per heavy atom. The molecule has 2 aliphatic rings. The number of nitrogens with two attached hydrogens (primary N) is 1. The van der Waals surface area contributed by atoms with Crippen molar-refractivity contribution >= 4 is 22.9 Å². The SMILES string of the molecule is C1=[N+]=C(c2ccc3ccccc3c2-c2ccc(C([NH2+][I-]c3ccccc3)[NH+]3NC3c3ccccc3)cc2)N1. The zero-order valence-electron chi connectivity index (χ0n) is 20.7. The van der Waals surface area contributed by atoms with Crippen LogP contribution in [0.1, 0.15) is 29.0 Å². The number of hydrogen-bond acceptors (Lipinski definition) is 2. The number of fused-ring (bicyclic) bond motifs is 1. The van der Waals surface area contributed by atoms with E-state index in [1.165, 1.54) is 41.6 Å². The first-order valence-electron chi connectivity index (χ1n) is 12.8. The van der Waals surface area contributed by atoms with E-state index in [0.29, 0.717) is 6.17 Å². The minimum atomic E-state index is -0.221. The van der Waals surface area contributed by atoms with Gasteiger partial charge in [-0.05, 0) is 0 Å². The molecule has 3 unspecified atom stereocenters. The van der Waals surface area contributed by atoms with E-state index >= 15 is 0 Å². The third kappa shape index (κ3) is 4.53. The summed E-state index contributed by atoms with van der Waals surface area (Å²) in [7, 11) is 0. The van der Waals surface area contributed by atoms with Crippen molar-refractivity contribution < 1.29 is 30.0 Å². The molecule has 1 fully saturated rings. The molecule has 1 saturated heterocycles. The molecule has 0 aliphatic carbocycles. The number of hydrogen-bond donors (Lipinski definition) is 4. The first-order valence-corrected chi connectivity index (χ1v) is 15.2. The van der Waals surface area contributed by atoms with E-state index in [2.05, 4.69) is 140 Å².